The number of benzene rings is 2. The molecule has 0 bridgehead atoms. The Hall–Kier alpha value is -2.95. The first-order valence-corrected chi connectivity index (χ1v) is 8.11. The summed E-state index contributed by atoms with van der Waals surface area (Å²) in [5.41, 5.74) is 1.30. The van der Waals surface area contributed by atoms with E-state index in [2.05, 4.69) is 0 Å². The van der Waals surface area contributed by atoms with Gasteiger partial charge in [-0.3, -0.25) is 14.4 Å². The summed E-state index contributed by atoms with van der Waals surface area (Å²) in [5, 5.41) is 0. The van der Waals surface area contributed by atoms with E-state index in [9.17, 15) is 14.4 Å². The first kappa shape index (κ1) is 18.4. The van der Waals surface area contributed by atoms with Crippen LogP contribution in [0.15, 0.2) is 54.6 Å². The van der Waals surface area contributed by atoms with Crippen molar-refractivity contribution in [3.63, 3.8) is 0 Å². The molecule has 2 aromatic rings. The highest BCUT2D eigenvalue weighted by atomic mass is 16.6. The molecule has 0 aliphatic rings. The van der Waals surface area contributed by atoms with Gasteiger partial charge >= 0.3 is 11.9 Å². The molecule has 0 N–H and O–H groups in total. The molecule has 0 radical (unpaired) electrons. The number of ether oxygens (including phenoxy) is 2. The molecular weight excluding hydrogens is 320 g/mol. The third kappa shape index (κ3) is 4.53. The summed E-state index contributed by atoms with van der Waals surface area (Å²) in [5.74, 6) is -2.77. The minimum atomic E-state index is -1.21. The van der Waals surface area contributed by atoms with E-state index < -0.39 is 17.9 Å². The number of rotatable bonds is 7. The second kappa shape index (κ2) is 8.78. The molecule has 5 nitrogen and oxygen atoms in total. The van der Waals surface area contributed by atoms with Crippen LogP contribution in [0.1, 0.15) is 41.3 Å². The highest BCUT2D eigenvalue weighted by molar-refractivity contribution is 6.09. The first-order valence-electron chi connectivity index (χ1n) is 8.11. The molecule has 0 aliphatic heterocycles. The summed E-state index contributed by atoms with van der Waals surface area (Å²) in [6.45, 7) is 3.62. The average molecular weight is 340 g/mol. The minimum Gasteiger partial charge on any atom is -0.465 e. The molecule has 0 heterocycles. The molecule has 0 saturated heterocycles. The molecular formula is C20H20O5. The Kier molecular flexibility index (Phi) is 6.46. The summed E-state index contributed by atoms with van der Waals surface area (Å²) < 4.78 is 9.97. The topological polar surface area (TPSA) is 69.7 Å². The van der Waals surface area contributed by atoms with Gasteiger partial charge in [-0.05, 0) is 25.5 Å². The molecule has 0 spiro atoms. The van der Waals surface area contributed by atoms with E-state index in [1.165, 1.54) is 6.07 Å². The summed E-state index contributed by atoms with van der Waals surface area (Å²) in [6, 6.07) is 15.2. The van der Waals surface area contributed by atoms with Crippen LogP contribution < -0.4 is 0 Å². The van der Waals surface area contributed by atoms with Crippen molar-refractivity contribution in [2.45, 2.75) is 19.8 Å². The summed E-state index contributed by atoms with van der Waals surface area (Å²) in [7, 11) is 0. The van der Waals surface area contributed by atoms with E-state index in [4.69, 9.17) is 9.47 Å². The molecule has 0 atom stereocenters. The van der Waals surface area contributed by atoms with Gasteiger partial charge in [0.05, 0.1) is 13.2 Å². The van der Waals surface area contributed by atoms with Crippen molar-refractivity contribution in [3.05, 3.63) is 71.3 Å². The molecule has 5 heteroatoms. The van der Waals surface area contributed by atoms with Gasteiger partial charge in [-0.2, -0.15) is 0 Å². The zero-order chi connectivity index (χ0) is 18.2. The normalized spacial score (nSPS) is 10.4. The molecule has 0 saturated carbocycles. The maximum absolute atomic E-state index is 12.6. The van der Waals surface area contributed by atoms with Crippen molar-refractivity contribution in [2.24, 2.45) is 0 Å². The summed E-state index contributed by atoms with van der Waals surface area (Å²) in [6.07, 6.45) is 0. The number of ketones is 1. The molecule has 0 fully saturated rings. The maximum atomic E-state index is 12.6. The fourth-order valence-corrected chi connectivity index (χ4v) is 2.44. The third-order valence-corrected chi connectivity index (χ3v) is 3.56. The molecule has 0 amide bonds. The van der Waals surface area contributed by atoms with Crippen molar-refractivity contribution in [1.82, 2.24) is 0 Å². The average Bonchev–Trinajstić information content (AvgIpc) is 2.63. The van der Waals surface area contributed by atoms with Crippen molar-refractivity contribution in [1.29, 1.82) is 0 Å². The van der Waals surface area contributed by atoms with Crippen LogP contribution in [0.2, 0.25) is 0 Å². The Morgan fingerprint density at radius 2 is 1.36 bits per heavy atom. The second-order valence-electron chi connectivity index (χ2n) is 5.26. The zero-order valence-electron chi connectivity index (χ0n) is 14.2. The Bertz CT molecular complexity index is 734. The highest BCUT2D eigenvalue weighted by Crippen LogP contribution is 2.22. The number of carbonyl (C=O) groups is 3. The fraction of sp³-hybridized carbons (Fsp3) is 0.250. The van der Waals surface area contributed by atoms with Gasteiger partial charge < -0.3 is 9.47 Å². The lowest BCUT2D eigenvalue weighted by Gasteiger charge is -2.15. The predicted molar refractivity (Wildman–Crippen MR) is 92.3 cm³/mol. The van der Waals surface area contributed by atoms with Gasteiger partial charge in [-0.25, -0.2) is 0 Å². The Morgan fingerprint density at radius 1 is 0.800 bits per heavy atom. The lowest BCUT2D eigenvalue weighted by atomic mass is 9.94. The van der Waals surface area contributed by atoms with Crippen molar-refractivity contribution in [2.75, 3.05) is 13.2 Å². The van der Waals surface area contributed by atoms with E-state index in [-0.39, 0.29) is 19.0 Å². The standard InChI is InChI=1S/C20H20O5/c1-3-24-19(22)17(20(23)25-4-2)15-11-8-12-16(13-15)18(21)14-9-6-5-7-10-14/h5-13,17H,3-4H2,1-2H3. The zero-order valence-corrected chi connectivity index (χ0v) is 14.2. The van der Waals surface area contributed by atoms with Crippen molar-refractivity contribution in [3.8, 4) is 0 Å². The largest absolute Gasteiger partial charge is 0.465 e. The number of hydrogen-bond donors (Lipinski definition) is 0. The fourth-order valence-electron chi connectivity index (χ4n) is 2.44. The molecule has 2 aromatic carbocycles. The van der Waals surface area contributed by atoms with E-state index in [0.717, 1.165) is 0 Å². The van der Waals surface area contributed by atoms with Gasteiger partial charge in [0.25, 0.3) is 0 Å². The molecule has 2 rings (SSSR count). The minimum absolute atomic E-state index is 0.150. The van der Waals surface area contributed by atoms with Crippen LogP contribution in [-0.2, 0) is 19.1 Å². The van der Waals surface area contributed by atoms with Crippen LogP contribution in [0.25, 0.3) is 0 Å². The van der Waals surface area contributed by atoms with Crippen molar-refractivity contribution >= 4 is 17.7 Å². The van der Waals surface area contributed by atoms with Crippen molar-refractivity contribution < 1.29 is 23.9 Å². The maximum Gasteiger partial charge on any atom is 0.324 e. The molecule has 25 heavy (non-hydrogen) atoms. The first-order chi connectivity index (χ1) is 12.1. The van der Waals surface area contributed by atoms with Crippen LogP contribution >= 0.6 is 0 Å². The van der Waals surface area contributed by atoms with Gasteiger partial charge in [-0.15, -0.1) is 0 Å². The van der Waals surface area contributed by atoms with E-state index in [1.54, 1.807) is 56.3 Å². The SMILES string of the molecule is CCOC(=O)C(C(=O)OCC)c1cccc(C(=O)c2ccccc2)c1. The molecule has 0 aliphatic carbocycles. The number of carbonyl (C=O) groups excluding carboxylic acids is 3. The third-order valence-electron chi connectivity index (χ3n) is 3.56. The Labute approximate surface area is 146 Å². The van der Waals surface area contributed by atoms with Gasteiger partial charge in [0.15, 0.2) is 11.7 Å². The number of esters is 2. The Morgan fingerprint density at radius 3 is 1.92 bits per heavy atom. The second-order valence-corrected chi connectivity index (χ2v) is 5.26. The van der Waals surface area contributed by atoms with Crippen LogP contribution in [0.4, 0.5) is 0 Å². The quantitative estimate of drug-likeness (QED) is 0.440. The lowest BCUT2D eigenvalue weighted by Crippen LogP contribution is -2.26. The van der Waals surface area contributed by atoms with Crippen LogP contribution in [0.3, 0.4) is 0 Å². The monoisotopic (exact) mass is 340 g/mol. The summed E-state index contributed by atoms with van der Waals surface area (Å²) >= 11 is 0. The van der Waals surface area contributed by atoms with Crippen LogP contribution in [0, 0.1) is 0 Å². The van der Waals surface area contributed by atoms with E-state index in [1.807, 2.05) is 6.07 Å². The molecule has 0 aromatic heterocycles. The molecule has 130 valence electrons. The van der Waals surface area contributed by atoms with Gasteiger partial charge in [0.2, 0.25) is 0 Å². The Balaban J connectivity index is 2.37. The van der Waals surface area contributed by atoms with Gasteiger partial charge in [0.1, 0.15) is 0 Å². The van der Waals surface area contributed by atoms with E-state index in [0.29, 0.717) is 16.7 Å². The van der Waals surface area contributed by atoms with Crippen LogP contribution in [0.5, 0.6) is 0 Å². The highest BCUT2D eigenvalue weighted by Gasteiger charge is 2.31. The molecule has 0 unspecified atom stereocenters. The number of hydrogen-bond acceptors (Lipinski definition) is 5. The lowest BCUT2D eigenvalue weighted by molar-refractivity contribution is -0.156. The van der Waals surface area contributed by atoms with Gasteiger partial charge in [0, 0.05) is 11.1 Å². The predicted octanol–water partition coefficient (Wildman–Crippen LogP) is 3.13. The van der Waals surface area contributed by atoms with Crippen LogP contribution in [-0.4, -0.2) is 30.9 Å². The summed E-state index contributed by atoms with van der Waals surface area (Å²) in [4.78, 5) is 37.0. The van der Waals surface area contributed by atoms with Gasteiger partial charge in [-0.1, -0.05) is 48.5 Å². The van der Waals surface area contributed by atoms with E-state index >= 15 is 0 Å². The smallest absolute Gasteiger partial charge is 0.324 e.